The molecule has 236 valence electrons. The molecule has 2 aliphatic heterocycles. The Balaban J connectivity index is 1.13. The Morgan fingerprint density at radius 1 is 0.978 bits per heavy atom. The van der Waals surface area contributed by atoms with E-state index >= 15 is 0 Å². The number of nitrogens with one attached hydrogen (secondary N) is 2. The summed E-state index contributed by atoms with van der Waals surface area (Å²) in [4.78, 5) is 32.4. The monoisotopic (exact) mass is 634 g/mol. The van der Waals surface area contributed by atoms with E-state index in [9.17, 15) is 4.79 Å². The van der Waals surface area contributed by atoms with Gasteiger partial charge in [-0.3, -0.25) is 19.6 Å². The van der Waals surface area contributed by atoms with Gasteiger partial charge in [0.05, 0.1) is 16.4 Å². The van der Waals surface area contributed by atoms with Crippen LogP contribution in [0, 0.1) is 6.92 Å². The summed E-state index contributed by atoms with van der Waals surface area (Å²) in [5.41, 5.74) is 8.39. The lowest BCUT2D eigenvalue weighted by Gasteiger charge is -2.24. The number of likely N-dealkylation sites (N-methyl/N-ethyl adjacent to an activating group) is 1. The van der Waals surface area contributed by atoms with Gasteiger partial charge in [-0.2, -0.15) is 0 Å². The van der Waals surface area contributed by atoms with Crippen LogP contribution in [0.3, 0.4) is 0 Å². The lowest BCUT2D eigenvalue weighted by atomic mass is 9.98. The highest BCUT2D eigenvalue weighted by Crippen LogP contribution is 2.38. The summed E-state index contributed by atoms with van der Waals surface area (Å²) >= 11 is 7.00. The highest BCUT2D eigenvalue weighted by atomic mass is 35.5. The van der Waals surface area contributed by atoms with E-state index in [1.807, 2.05) is 66.5 Å². The Kier molecular flexibility index (Phi) is 8.46. The second-order valence-corrected chi connectivity index (χ2v) is 12.7. The van der Waals surface area contributed by atoms with Gasteiger partial charge in [-0.05, 0) is 80.4 Å². The predicted octanol–water partition coefficient (Wildman–Crippen LogP) is 6.96. The van der Waals surface area contributed by atoms with Gasteiger partial charge < -0.3 is 15.2 Å². The molecule has 46 heavy (non-hydrogen) atoms. The average molecular weight is 635 g/mol. The summed E-state index contributed by atoms with van der Waals surface area (Å²) < 4.78 is 1.92. The fraction of sp³-hybridized carbons (Fsp3) is 0.333. The van der Waals surface area contributed by atoms with E-state index in [0.717, 1.165) is 90.4 Å². The first-order valence-corrected chi connectivity index (χ1v) is 16.5. The standard InChI is InChI=1S/C36H39ClN8O/c1-4-44-18-14-31-30(22-44)41-35(43(31)3)36(46)42-29-12-8-10-27(32(29)37)26-9-7-11-28(23(26)2)40-34-33-25(13-15-38-34)19-24(20-39-33)21-45-16-5-6-17-45/h7-13,15,19-20H,4-6,14,16-18,21-22H2,1-3H3,(H,38,40)(H,42,46). The summed E-state index contributed by atoms with van der Waals surface area (Å²) in [6, 6.07) is 16.0. The molecule has 5 heterocycles. The second-order valence-electron chi connectivity index (χ2n) is 12.3. The van der Waals surface area contributed by atoms with Crippen molar-refractivity contribution in [2.75, 3.05) is 36.8 Å². The Morgan fingerprint density at radius 3 is 2.57 bits per heavy atom. The molecular formula is C36H39ClN8O. The fourth-order valence-electron chi connectivity index (χ4n) is 6.74. The van der Waals surface area contributed by atoms with Gasteiger partial charge in [-0.15, -0.1) is 0 Å². The number of nitrogens with zero attached hydrogens (tertiary/aromatic N) is 6. The zero-order valence-electron chi connectivity index (χ0n) is 26.6. The Hall–Kier alpha value is -4.31. The van der Waals surface area contributed by atoms with E-state index in [1.165, 1.54) is 18.4 Å². The van der Waals surface area contributed by atoms with Crippen molar-refractivity contribution < 1.29 is 4.79 Å². The molecule has 10 heteroatoms. The maximum atomic E-state index is 13.5. The van der Waals surface area contributed by atoms with E-state index < -0.39 is 0 Å². The first-order valence-electron chi connectivity index (χ1n) is 16.1. The maximum absolute atomic E-state index is 13.5. The molecule has 0 radical (unpaired) electrons. The fourth-order valence-corrected chi connectivity index (χ4v) is 7.02. The molecule has 0 spiro atoms. The van der Waals surface area contributed by atoms with Gasteiger partial charge in [-0.25, -0.2) is 9.97 Å². The number of hydrogen-bond donors (Lipinski definition) is 2. The number of rotatable bonds is 8. The highest BCUT2D eigenvalue weighted by molar-refractivity contribution is 6.36. The van der Waals surface area contributed by atoms with E-state index in [-0.39, 0.29) is 5.91 Å². The molecule has 0 unspecified atom stereocenters. The molecule has 1 saturated heterocycles. The number of fused-ring (bicyclic) bond motifs is 2. The van der Waals surface area contributed by atoms with Gasteiger partial charge >= 0.3 is 0 Å². The van der Waals surface area contributed by atoms with Gasteiger partial charge in [0.15, 0.2) is 11.6 Å². The number of pyridine rings is 2. The van der Waals surface area contributed by atoms with Crippen LogP contribution in [0.5, 0.6) is 0 Å². The van der Waals surface area contributed by atoms with Crippen molar-refractivity contribution in [3.8, 4) is 11.1 Å². The second kappa shape index (κ2) is 12.8. The van der Waals surface area contributed by atoms with Gasteiger partial charge in [0.25, 0.3) is 5.91 Å². The van der Waals surface area contributed by atoms with Crippen LogP contribution >= 0.6 is 11.6 Å². The van der Waals surface area contributed by atoms with Gasteiger partial charge in [0.1, 0.15) is 5.52 Å². The zero-order valence-corrected chi connectivity index (χ0v) is 27.4. The van der Waals surface area contributed by atoms with Crippen molar-refractivity contribution in [3.05, 3.63) is 94.3 Å². The third-order valence-electron chi connectivity index (χ3n) is 9.37. The van der Waals surface area contributed by atoms with Crippen molar-refractivity contribution in [1.29, 1.82) is 0 Å². The third-order valence-corrected chi connectivity index (χ3v) is 9.78. The van der Waals surface area contributed by atoms with E-state index in [4.69, 9.17) is 21.6 Å². The molecule has 2 N–H and O–H groups in total. The number of carbonyl (C=O) groups is 1. The lowest BCUT2D eigenvalue weighted by molar-refractivity contribution is 0.101. The minimum Gasteiger partial charge on any atom is -0.338 e. The minimum absolute atomic E-state index is 0.274. The normalized spacial score (nSPS) is 15.3. The predicted molar refractivity (Wildman–Crippen MR) is 185 cm³/mol. The SMILES string of the molecule is CCN1CCc2c(nc(C(=O)Nc3cccc(-c4cccc(Nc5nccc6cc(CN7CCCC7)cnc56)c4C)c3Cl)n2C)C1. The third kappa shape index (κ3) is 5.86. The molecule has 9 nitrogen and oxygen atoms in total. The Bertz CT molecular complexity index is 1930. The Labute approximate surface area is 274 Å². The van der Waals surface area contributed by atoms with Gasteiger partial charge in [-0.1, -0.05) is 42.8 Å². The number of imidazole rings is 1. The van der Waals surface area contributed by atoms with Crippen molar-refractivity contribution in [1.82, 2.24) is 29.3 Å². The molecule has 0 saturated carbocycles. The molecule has 5 aromatic rings. The summed E-state index contributed by atoms with van der Waals surface area (Å²) in [6.07, 6.45) is 7.21. The number of carbonyl (C=O) groups excluding carboxylic acids is 1. The maximum Gasteiger partial charge on any atom is 0.291 e. The van der Waals surface area contributed by atoms with E-state index in [2.05, 4.69) is 45.3 Å². The zero-order chi connectivity index (χ0) is 31.8. The van der Waals surface area contributed by atoms with Crippen LogP contribution in [0.1, 0.15) is 52.9 Å². The minimum atomic E-state index is -0.274. The quantitative estimate of drug-likeness (QED) is 0.191. The van der Waals surface area contributed by atoms with Crippen LogP contribution in [0.4, 0.5) is 17.2 Å². The highest BCUT2D eigenvalue weighted by Gasteiger charge is 2.25. The van der Waals surface area contributed by atoms with Crippen molar-refractivity contribution in [2.24, 2.45) is 7.05 Å². The molecule has 2 aromatic carbocycles. The number of hydrogen-bond acceptors (Lipinski definition) is 7. The van der Waals surface area contributed by atoms with Crippen LogP contribution in [0.25, 0.3) is 22.0 Å². The van der Waals surface area contributed by atoms with Crippen LogP contribution in [-0.4, -0.2) is 61.4 Å². The first-order chi connectivity index (χ1) is 22.4. The molecule has 3 aromatic heterocycles. The molecule has 2 aliphatic rings. The number of aromatic nitrogens is 4. The summed E-state index contributed by atoms with van der Waals surface area (Å²) in [5.74, 6) is 0.827. The van der Waals surface area contributed by atoms with E-state index in [1.54, 1.807) is 0 Å². The molecule has 1 fully saturated rings. The van der Waals surface area contributed by atoms with Gasteiger partial charge in [0.2, 0.25) is 0 Å². The molecule has 7 rings (SSSR count). The first kappa shape index (κ1) is 30.3. The van der Waals surface area contributed by atoms with Crippen molar-refractivity contribution in [3.63, 3.8) is 0 Å². The average Bonchev–Trinajstić information content (AvgIpc) is 3.70. The number of anilines is 3. The number of benzene rings is 2. The number of likely N-dealkylation sites (tertiary alicyclic amines) is 1. The van der Waals surface area contributed by atoms with Crippen LogP contribution < -0.4 is 10.6 Å². The van der Waals surface area contributed by atoms with Gasteiger partial charge in [0, 0.05) is 67.8 Å². The topological polar surface area (TPSA) is 91.2 Å². The molecular weight excluding hydrogens is 596 g/mol. The summed E-state index contributed by atoms with van der Waals surface area (Å²) in [6.45, 7) is 10.1. The lowest BCUT2D eigenvalue weighted by Crippen LogP contribution is -2.30. The van der Waals surface area contributed by atoms with Crippen LogP contribution in [0.15, 0.2) is 60.9 Å². The molecule has 0 aliphatic carbocycles. The van der Waals surface area contributed by atoms with Crippen molar-refractivity contribution in [2.45, 2.75) is 46.2 Å². The molecule has 0 bridgehead atoms. The summed E-state index contributed by atoms with van der Waals surface area (Å²) in [5, 5.41) is 8.10. The molecule has 0 atom stereocenters. The molecule has 1 amide bonds. The smallest absolute Gasteiger partial charge is 0.291 e. The summed E-state index contributed by atoms with van der Waals surface area (Å²) in [7, 11) is 1.91. The van der Waals surface area contributed by atoms with Crippen LogP contribution in [0.2, 0.25) is 5.02 Å². The number of halogens is 1. The van der Waals surface area contributed by atoms with Crippen molar-refractivity contribution >= 4 is 45.6 Å². The Morgan fingerprint density at radius 2 is 1.76 bits per heavy atom. The number of amides is 1. The largest absolute Gasteiger partial charge is 0.338 e. The van der Waals surface area contributed by atoms with Crippen LogP contribution in [-0.2, 0) is 26.6 Å². The van der Waals surface area contributed by atoms with E-state index in [0.29, 0.717) is 22.4 Å².